The number of hydrogen-bond acceptors (Lipinski definition) is 5. The van der Waals surface area contributed by atoms with E-state index in [-0.39, 0.29) is 4.90 Å². The molecule has 0 unspecified atom stereocenters. The summed E-state index contributed by atoms with van der Waals surface area (Å²) in [7, 11) is -3.64. The van der Waals surface area contributed by atoms with Crippen LogP contribution in [0.25, 0.3) is 0 Å². The summed E-state index contributed by atoms with van der Waals surface area (Å²) in [6.07, 6.45) is 0. The molecule has 0 aliphatic carbocycles. The number of benzene rings is 1. The molecular formula is C13H21N3O3S. The maximum atomic E-state index is 11.1. The Labute approximate surface area is 120 Å². The molecule has 0 bridgehead atoms. The number of rotatable bonds is 5. The lowest BCUT2D eigenvalue weighted by Gasteiger charge is -2.33. The monoisotopic (exact) mass is 299 g/mol. The fourth-order valence-electron chi connectivity index (χ4n) is 2.22. The van der Waals surface area contributed by atoms with Gasteiger partial charge in [-0.3, -0.25) is 4.90 Å². The normalized spacial score (nSPS) is 20.8. The molecule has 1 fully saturated rings. The highest BCUT2D eigenvalue weighted by Crippen LogP contribution is 2.15. The summed E-state index contributed by atoms with van der Waals surface area (Å²) >= 11 is 0. The molecule has 112 valence electrons. The molecule has 1 aliphatic heterocycles. The van der Waals surface area contributed by atoms with Crippen LogP contribution < -0.4 is 15.2 Å². The van der Waals surface area contributed by atoms with E-state index in [4.69, 9.17) is 9.88 Å². The summed E-state index contributed by atoms with van der Waals surface area (Å²) in [5.74, 6) is 0.653. The van der Waals surface area contributed by atoms with Gasteiger partial charge in [0.15, 0.2) is 0 Å². The van der Waals surface area contributed by atoms with Gasteiger partial charge in [-0.05, 0) is 31.2 Å². The van der Waals surface area contributed by atoms with E-state index in [0.717, 1.165) is 26.2 Å². The van der Waals surface area contributed by atoms with Crippen LogP contribution in [0, 0.1) is 0 Å². The molecule has 0 amide bonds. The second-order valence-corrected chi connectivity index (χ2v) is 6.52. The van der Waals surface area contributed by atoms with Gasteiger partial charge in [-0.2, -0.15) is 0 Å². The van der Waals surface area contributed by atoms with Crippen LogP contribution >= 0.6 is 0 Å². The van der Waals surface area contributed by atoms with E-state index in [1.54, 1.807) is 12.1 Å². The number of sulfonamides is 1. The fourth-order valence-corrected chi connectivity index (χ4v) is 2.74. The number of primary sulfonamides is 1. The largest absolute Gasteiger partial charge is 0.492 e. The van der Waals surface area contributed by atoms with Gasteiger partial charge in [-0.25, -0.2) is 13.6 Å². The molecule has 1 aliphatic rings. The molecule has 0 spiro atoms. The molecule has 0 aromatic heterocycles. The molecule has 0 saturated carbocycles. The molecule has 6 nitrogen and oxygen atoms in total. The number of piperazine rings is 1. The Kier molecular flexibility index (Phi) is 4.98. The number of nitrogens with one attached hydrogen (secondary N) is 1. The molecule has 1 atom stereocenters. The van der Waals surface area contributed by atoms with E-state index in [1.165, 1.54) is 12.1 Å². The quantitative estimate of drug-likeness (QED) is 0.800. The van der Waals surface area contributed by atoms with Crippen molar-refractivity contribution in [3.05, 3.63) is 24.3 Å². The minimum Gasteiger partial charge on any atom is -0.492 e. The molecule has 1 aromatic carbocycles. The summed E-state index contributed by atoms with van der Waals surface area (Å²) in [4.78, 5) is 2.47. The topological polar surface area (TPSA) is 84.7 Å². The van der Waals surface area contributed by atoms with E-state index in [0.29, 0.717) is 18.4 Å². The number of nitrogens with two attached hydrogens (primary N) is 1. The van der Waals surface area contributed by atoms with Gasteiger partial charge in [-0.1, -0.05) is 0 Å². The molecule has 2 rings (SSSR count). The van der Waals surface area contributed by atoms with Crippen molar-refractivity contribution in [1.29, 1.82) is 0 Å². The van der Waals surface area contributed by atoms with Crippen molar-refractivity contribution in [3.63, 3.8) is 0 Å². The van der Waals surface area contributed by atoms with E-state index in [9.17, 15) is 8.42 Å². The Bertz CT molecular complexity index is 530. The van der Waals surface area contributed by atoms with Gasteiger partial charge in [0.25, 0.3) is 0 Å². The Morgan fingerprint density at radius 2 is 2.10 bits per heavy atom. The zero-order valence-corrected chi connectivity index (χ0v) is 12.4. The summed E-state index contributed by atoms with van der Waals surface area (Å²) in [6, 6.07) is 6.68. The van der Waals surface area contributed by atoms with Crippen LogP contribution in [-0.2, 0) is 10.0 Å². The second-order valence-electron chi connectivity index (χ2n) is 4.95. The molecule has 7 heteroatoms. The predicted molar refractivity (Wildman–Crippen MR) is 77.2 cm³/mol. The van der Waals surface area contributed by atoms with Crippen LogP contribution in [0.3, 0.4) is 0 Å². The maximum Gasteiger partial charge on any atom is 0.238 e. The summed E-state index contributed by atoms with van der Waals surface area (Å²) in [5.41, 5.74) is 0. The lowest BCUT2D eigenvalue weighted by Crippen LogP contribution is -2.50. The van der Waals surface area contributed by atoms with Crippen molar-refractivity contribution in [2.24, 2.45) is 5.14 Å². The molecule has 1 aromatic rings. The molecule has 3 N–H and O–H groups in total. The van der Waals surface area contributed by atoms with Crippen LogP contribution in [0.1, 0.15) is 6.92 Å². The predicted octanol–water partition coefficient (Wildman–Crippen LogP) is 0.00650. The van der Waals surface area contributed by atoms with Crippen LogP contribution in [0.2, 0.25) is 0 Å². The number of ether oxygens (including phenoxy) is 1. The van der Waals surface area contributed by atoms with Gasteiger partial charge in [0, 0.05) is 32.2 Å². The summed E-state index contributed by atoms with van der Waals surface area (Å²) < 4.78 is 27.9. The zero-order chi connectivity index (χ0) is 14.6. The molecular weight excluding hydrogens is 278 g/mol. The van der Waals surface area contributed by atoms with Crippen molar-refractivity contribution in [1.82, 2.24) is 10.2 Å². The van der Waals surface area contributed by atoms with Crippen molar-refractivity contribution in [2.75, 3.05) is 32.8 Å². The molecule has 20 heavy (non-hydrogen) atoms. The average Bonchev–Trinajstić information content (AvgIpc) is 2.40. The average molecular weight is 299 g/mol. The first-order valence-corrected chi connectivity index (χ1v) is 8.22. The first kappa shape index (κ1) is 15.2. The molecule has 1 saturated heterocycles. The summed E-state index contributed by atoms with van der Waals surface area (Å²) in [6.45, 7) is 6.66. The third-order valence-electron chi connectivity index (χ3n) is 3.44. The van der Waals surface area contributed by atoms with Crippen LogP contribution in [0.4, 0.5) is 0 Å². The lowest BCUT2D eigenvalue weighted by molar-refractivity contribution is 0.143. The van der Waals surface area contributed by atoms with Gasteiger partial charge >= 0.3 is 0 Å². The van der Waals surface area contributed by atoms with Crippen molar-refractivity contribution in [3.8, 4) is 5.75 Å². The van der Waals surface area contributed by atoms with E-state index in [2.05, 4.69) is 17.1 Å². The van der Waals surface area contributed by atoms with Gasteiger partial charge in [0.05, 0.1) is 4.90 Å². The summed E-state index contributed by atoms with van der Waals surface area (Å²) in [5, 5.41) is 8.38. The van der Waals surface area contributed by atoms with Gasteiger partial charge in [-0.15, -0.1) is 0 Å². The SMILES string of the molecule is C[C@@H]1CNCCN1CCOc1ccc(S(N)(=O)=O)cc1. The Morgan fingerprint density at radius 1 is 1.40 bits per heavy atom. The fraction of sp³-hybridized carbons (Fsp3) is 0.538. The first-order valence-electron chi connectivity index (χ1n) is 6.67. The highest BCUT2D eigenvalue weighted by Gasteiger charge is 2.17. The second kappa shape index (κ2) is 6.53. The van der Waals surface area contributed by atoms with E-state index in [1.807, 2.05) is 0 Å². The highest BCUT2D eigenvalue weighted by atomic mass is 32.2. The minimum absolute atomic E-state index is 0.0978. The van der Waals surface area contributed by atoms with E-state index < -0.39 is 10.0 Å². The maximum absolute atomic E-state index is 11.1. The van der Waals surface area contributed by atoms with Crippen LogP contribution in [-0.4, -0.2) is 52.1 Å². The Hall–Kier alpha value is -1.15. The smallest absolute Gasteiger partial charge is 0.238 e. The van der Waals surface area contributed by atoms with Crippen LogP contribution in [0.5, 0.6) is 5.75 Å². The third kappa shape index (κ3) is 4.17. The molecule has 0 radical (unpaired) electrons. The third-order valence-corrected chi connectivity index (χ3v) is 4.37. The lowest BCUT2D eigenvalue weighted by atomic mass is 10.2. The van der Waals surface area contributed by atoms with E-state index >= 15 is 0 Å². The van der Waals surface area contributed by atoms with Gasteiger partial charge in [0.2, 0.25) is 10.0 Å². The Balaban J connectivity index is 1.82. The van der Waals surface area contributed by atoms with Crippen molar-refractivity contribution in [2.45, 2.75) is 17.9 Å². The number of nitrogens with zero attached hydrogens (tertiary/aromatic N) is 1. The molecule has 1 heterocycles. The highest BCUT2D eigenvalue weighted by molar-refractivity contribution is 7.89. The minimum atomic E-state index is -3.64. The first-order chi connectivity index (χ1) is 9.47. The zero-order valence-electron chi connectivity index (χ0n) is 11.6. The van der Waals surface area contributed by atoms with Crippen LogP contribution in [0.15, 0.2) is 29.2 Å². The van der Waals surface area contributed by atoms with Gasteiger partial charge in [0.1, 0.15) is 12.4 Å². The van der Waals surface area contributed by atoms with Gasteiger partial charge < -0.3 is 10.1 Å². The Morgan fingerprint density at radius 3 is 2.70 bits per heavy atom. The van der Waals surface area contributed by atoms with Crippen molar-refractivity contribution < 1.29 is 13.2 Å². The standard InChI is InChI=1S/C13H21N3O3S/c1-11-10-15-6-7-16(11)8-9-19-12-2-4-13(5-3-12)20(14,17)18/h2-5,11,15H,6-10H2,1H3,(H2,14,17,18)/t11-/m1/s1. The van der Waals surface area contributed by atoms with Crippen molar-refractivity contribution >= 4 is 10.0 Å². The number of hydrogen-bond donors (Lipinski definition) is 2.